The molecular formula is C12H25BrO. The highest BCUT2D eigenvalue weighted by Gasteiger charge is 2.26. The molecule has 0 saturated carbocycles. The lowest BCUT2D eigenvalue weighted by Gasteiger charge is -2.33. The Hall–Kier alpha value is 0.440. The zero-order valence-electron chi connectivity index (χ0n) is 10.5. The van der Waals surface area contributed by atoms with Crippen molar-refractivity contribution >= 4 is 15.9 Å². The maximum absolute atomic E-state index is 5.93. The first-order valence-corrected chi connectivity index (χ1v) is 6.55. The fourth-order valence-corrected chi connectivity index (χ4v) is 2.11. The van der Waals surface area contributed by atoms with Gasteiger partial charge >= 0.3 is 0 Å². The molecule has 0 aromatic heterocycles. The first-order valence-electron chi connectivity index (χ1n) is 5.43. The van der Waals surface area contributed by atoms with Crippen molar-refractivity contribution in [1.82, 2.24) is 0 Å². The van der Waals surface area contributed by atoms with Crippen LogP contribution < -0.4 is 0 Å². The minimum atomic E-state index is 0.0195. The number of hydrogen-bond acceptors (Lipinski definition) is 1. The molecule has 0 rings (SSSR count). The van der Waals surface area contributed by atoms with Gasteiger partial charge in [0.2, 0.25) is 0 Å². The van der Waals surface area contributed by atoms with E-state index in [2.05, 4.69) is 57.5 Å². The number of halogens is 1. The van der Waals surface area contributed by atoms with E-state index in [1.54, 1.807) is 0 Å². The first kappa shape index (κ1) is 14.4. The largest absolute Gasteiger partial charge is 0.375 e. The Bertz CT molecular complexity index is 158. The molecule has 0 radical (unpaired) electrons. The van der Waals surface area contributed by atoms with Gasteiger partial charge in [-0.1, -0.05) is 43.6 Å². The topological polar surface area (TPSA) is 9.23 Å². The minimum Gasteiger partial charge on any atom is -0.375 e. The maximum atomic E-state index is 5.93. The Balaban J connectivity index is 4.10. The second-order valence-corrected chi connectivity index (χ2v) is 6.29. The van der Waals surface area contributed by atoms with Gasteiger partial charge in [0.25, 0.3) is 0 Å². The molecule has 0 fully saturated rings. The molecule has 86 valence electrons. The van der Waals surface area contributed by atoms with Crippen molar-refractivity contribution in [3.05, 3.63) is 0 Å². The second kappa shape index (κ2) is 5.50. The standard InChI is InChI=1S/C12H25BrO/c1-7-12(5,6)14-9-10(8-13)11(2,3)4/h10H,7-9H2,1-6H3. The van der Waals surface area contributed by atoms with Crippen molar-refractivity contribution in [2.24, 2.45) is 11.3 Å². The maximum Gasteiger partial charge on any atom is 0.0624 e. The van der Waals surface area contributed by atoms with E-state index >= 15 is 0 Å². The van der Waals surface area contributed by atoms with Gasteiger partial charge in [0.05, 0.1) is 12.2 Å². The van der Waals surface area contributed by atoms with Gasteiger partial charge in [-0.3, -0.25) is 0 Å². The summed E-state index contributed by atoms with van der Waals surface area (Å²) in [6.07, 6.45) is 1.06. The molecule has 0 aliphatic heterocycles. The summed E-state index contributed by atoms with van der Waals surface area (Å²) in [6, 6.07) is 0. The Morgan fingerprint density at radius 3 is 1.93 bits per heavy atom. The van der Waals surface area contributed by atoms with Gasteiger partial charge in [-0.2, -0.15) is 0 Å². The van der Waals surface area contributed by atoms with Gasteiger partial charge < -0.3 is 4.74 Å². The number of hydrogen-bond donors (Lipinski definition) is 0. The summed E-state index contributed by atoms with van der Waals surface area (Å²) in [5.74, 6) is 0.577. The molecule has 0 spiro atoms. The van der Waals surface area contributed by atoms with E-state index in [1.165, 1.54) is 0 Å². The molecule has 14 heavy (non-hydrogen) atoms. The highest BCUT2D eigenvalue weighted by atomic mass is 79.9. The fourth-order valence-electron chi connectivity index (χ4n) is 0.954. The Morgan fingerprint density at radius 2 is 1.64 bits per heavy atom. The molecule has 1 unspecified atom stereocenters. The normalized spacial score (nSPS) is 15.6. The quantitative estimate of drug-likeness (QED) is 0.675. The van der Waals surface area contributed by atoms with Gasteiger partial charge in [0, 0.05) is 5.33 Å². The third kappa shape index (κ3) is 5.35. The molecule has 0 amide bonds. The average Bonchev–Trinajstić information content (AvgIpc) is 2.03. The summed E-state index contributed by atoms with van der Waals surface area (Å²) in [7, 11) is 0. The second-order valence-electron chi connectivity index (χ2n) is 5.64. The van der Waals surface area contributed by atoms with Gasteiger partial charge in [-0.05, 0) is 31.6 Å². The SMILES string of the molecule is CCC(C)(C)OCC(CBr)C(C)(C)C. The zero-order chi connectivity index (χ0) is 11.4. The Kier molecular flexibility index (Phi) is 5.68. The van der Waals surface area contributed by atoms with Crippen molar-refractivity contribution < 1.29 is 4.74 Å². The van der Waals surface area contributed by atoms with Gasteiger partial charge in [0.1, 0.15) is 0 Å². The molecule has 0 aromatic rings. The highest BCUT2D eigenvalue weighted by molar-refractivity contribution is 9.09. The van der Waals surface area contributed by atoms with E-state index in [4.69, 9.17) is 4.74 Å². The molecule has 0 bridgehead atoms. The van der Waals surface area contributed by atoms with Crippen molar-refractivity contribution in [2.45, 2.75) is 53.6 Å². The Labute approximate surface area is 97.7 Å². The molecule has 0 saturated heterocycles. The number of alkyl halides is 1. The molecule has 1 nitrogen and oxygen atoms in total. The van der Waals surface area contributed by atoms with Crippen molar-refractivity contribution in [3.8, 4) is 0 Å². The van der Waals surface area contributed by atoms with E-state index in [1.807, 2.05) is 0 Å². The molecule has 0 aromatic carbocycles. The lowest BCUT2D eigenvalue weighted by molar-refractivity contribution is -0.0495. The molecule has 2 heteroatoms. The van der Waals surface area contributed by atoms with Crippen LogP contribution in [-0.4, -0.2) is 17.5 Å². The van der Waals surface area contributed by atoms with Gasteiger partial charge in [-0.25, -0.2) is 0 Å². The summed E-state index contributed by atoms with van der Waals surface area (Å²) in [4.78, 5) is 0. The van der Waals surface area contributed by atoms with Crippen LogP contribution in [0.1, 0.15) is 48.0 Å². The van der Waals surface area contributed by atoms with Crippen LogP contribution in [0.25, 0.3) is 0 Å². The molecule has 1 atom stereocenters. The van der Waals surface area contributed by atoms with Crippen LogP contribution in [0.15, 0.2) is 0 Å². The summed E-state index contributed by atoms with van der Waals surface area (Å²) in [6.45, 7) is 14.1. The van der Waals surface area contributed by atoms with E-state index in [9.17, 15) is 0 Å². The Morgan fingerprint density at radius 1 is 1.14 bits per heavy atom. The fraction of sp³-hybridized carbons (Fsp3) is 1.00. The van der Waals surface area contributed by atoms with Gasteiger partial charge in [0.15, 0.2) is 0 Å². The van der Waals surface area contributed by atoms with Crippen molar-refractivity contribution in [3.63, 3.8) is 0 Å². The summed E-state index contributed by atoms with van der Waals surface area (Å²) >= 11 is 3.56. The first-order chi connectivity index (χ1) is 6.23. The minimum absolute atomic E-state index is 0.0195. The highest BCUT2D eigenvalue weighted by Crippen LogP contribution is 2.29. The van der Waals surface area contributed by atoms with E-state index in [0.717, 1.165) is 18.4 Å². The smallest absolute Gasteiger partial charge is 0.0624 e. The predicted molar refractivity (Wildman–Crippen MR) is 67.1 cm³/mol. The lowest BCUT2D eigenvalue weighted by atomic mass is 9.82. The van der Waals surface area contributed by atoms with Crippen LogP contribution in [-0.2, 0) is 4.74 Å². The molecule has 0 N–H and O–H groups in total. The average molecular weight is 265 g/mol. The summed E-state index contributed by atoms with van der Waals surface area (Å²) < 4.78 is 5.93. The van der Waals surface area contributed by atoms with Gasteiger partial charge in [-0.15, -0.1) is 0 Å². The monoisotopic (exact) mass is 264 g/mol. The van der Waals surface area contributed by atoms with Crippen molar-refractivity contribution in [1.29, 1.82) is 0 Å². The third-order valence-corrected chi connectivity index (χ3v) is 3.72. The van der Waals surface area contributed by atoms with Crippen LogP contribution in [0.4, 0.5) is 0 Å². The van der Waals surface area contributed by atoms with Crippen LogP contribution in [0, 0.1) is 11.3 Å². The van der Waals surface area contributed by atoms with E-state index in [0.29, 0.717) is 11.3 Å². The summed E-state index contributed by atoms with van der Waals surface area (Å²) in [5, 5.41) is 1.01. The van der Waals surface area contributed by atoms with E-state index < -0.39 is 0 Å². The molecular weight excluding hydrogens is 240 g/mol. The van der Waals surface area contributed by atoms with Crippen LogP contribution in [0.3, 0.4) is 0 Å². The lowest BCUT2D eigenvalue weighted by Crippen LogP contribution is -2.32. The van der Waals surface area contributed by atoms with Crippen LogP contribution >= 0.6 is 15.9 Å². The predicted octanol–water partition coefficient (Wildman–Crippen LogP) is 4.25. The number of ether oxygens (including phenoxy) is 1. The molecule has 0 aliphatic rings. The van der Waals surface area contributed by atoms with Crippen LogP contribution in [0.5, 0.6) is 0 Å². The summed E-state index contributed by atoms with van der Waals surface area (Å²) in [5.41, 5.74) is 0.332. The van der Waals surface area contributed by atoms with Crippen molar-refractivity contribution in [2.75, 3.05) is 11.9 Å². The molecule has 0 aliphatic carbocycles. The van der Waals surface area contributed by atoms with E-state index in [-0.39, 0.29) is 5.60 Å². The number of rotatable bonds is 5. The van der Waals surface area contributed by atoms with Crippen LogP contribution in [0.2, 0.25) is 0 Å². The molecule has 0 heterocycles. The zero-order valence-corrected chi connectivity index (χ0v) is 12.1. The third-order valence-electron chi connectivity index (χ3n) is 2.94.